The van der Waals surface area contributed by atoms with Crippen molar-refractivity contribution in [3.05, 3.63) is 68.5 Å². The Kier molecular flexibility index (Phi) is 3.80. The van der Waals surface area contributed by atoms with Gasteiger partial charge < -0.3 is 0 Å². The van der Waals surface area contributed by atoms with Gasteiger partial charge in [0.2, 0.25) is 0 Å². The average molecular weight is 254 g/mol. The molecule has 0 spiro atoms. The molecule has 0 aromatic heterocycles. The van der Waals surface area contributed by atoms with E-state index in [-0.39, 0.29) is 0 Å². The number of benzene rings is 2. The molecule has 0 saturated carbocycles. The van der Waals surface area contributed by atoms with E-state index in [1.165, 1.54) is 0 Å². The quantitative estimate of drug-likeness (QED) is 0.743. The van der Waals surface area contributed by atoms with Crippen molar-refractivity contribution < 1.29 is 0 Å². The Labute approximate surface area is 111 Å². The molecule has 0 aliphatic carbocycles. The second-order valence-electron chi connectivity index (χ2n) is 4.60. The van der Waals surface area contributed by atoms with Crippen LogP contribution in [-0.2, 0) is 6.42 Å². The second-order valence-corrected chi connectivity index (χ2v) is 4.60. The molecule has 0 saturated heterocycles. The number of hydrogen-bond donors (Lipinski definition) is 0. The summed E-state index contributed by atoms with van der Waals surface area (Å²) in [6, 6.07) is 11.2. The largest absolute Gasteiger partial charge is 0.145 e. The second kappa shape index (κ2) is 5.52. The molecule has 0 heterocycles. The lowest BCUT2D eigenvalue weighted by atomic mass is 10.0. The Morgan fingerprint density at radius 2 is 1.21 bits per heavy atom. The maximum Gasteiger partial charge on any atom is 0.110 e. The zero-order chi connectivity index (χ0) is 13.8. The Morgan fingerprint density at radius 1 is 0.789 bits per heavy atom. The smallest absolute Gasteiger partial charge is 0.110 e. The van der Waals surface area contributed by atoms with Gasteiger partial charge in [0.05, 0.1) is 0 Å². The summed E-state index contributed by atoms with van der Waals surface area (Å²) in [5.74, 6) is 0. The minimum absolute atomic E-state index is 0.473. The van der Waals surface area contributed by atoms with Crippen molar-refractivity contribution in [3.63, 3.8) is 0 Å². The van der Waals surface area contributed by atoms with Crippen molar-refractivity contribution in [1.29, 1.82) is 0 Å². The van der Waals surface area contributed by atoms with E-state index in [1.54, 1.807) is 12.1 Å². The van der Waals surface area contributed by atoms with Gasteiger partial charge in [-0.05, 0) is 65.0 Å². The summed E-state index contributed by atoms with van der Waals surface area (Å²) in [4.78, 5) is 21.0. The topological polar surface area (TPSA) is 58.9 Å². The Bertz CT molecular complexity index is 581. The van der Waals surface area contributed by atoms with Gasteiger partial charge in [0.1, 0.15) is 11.4 Å². The minimum atomic E-state index is 0.473. The van der Waals surface area contributed by atoms with Crippen molar-refractivity contribution in [2.75, 3.05) is 0 Å². The molecule has 4 nitrogen and oxygen atoms in total. The van der Waals surface area contributed by atoms with Crippen LogP contribution in [0.5, 0.6) is 0 Å². The van der Waals surface area contributed by atoms with Crippen LogP contribution in [0.2, 0.25) is 0 Å². The molecule has 0 N–H and O–H groups in total. The van der Waals surface area contributed by atoms with E-state index >= 15 is 0 Å². The van der Waals surface area contributed by atoms with E-state index in [0.29, 0.717) is 11.4 Å². The summed E-state index contributed by atoms with van der Waals surface area (Å²) >= 11 is 0. The summed E-state index contributed by atoms with van der Waals surface area (Å²) < 4.78 is 0. The van der Waals surface area contributed by atoms with Crippen molar-refractivity contribution >= 4 is 11.4 Å². The summed E-state index contributed by atoms with van der Waals surface area (Å²) in [6.45, 7) is 3.73. The van der Waals surface area contributed by atoms with Crippen molar-refractivity contribution in [3.8, 4) is 0 Å². The fourth-order valence-electron chi connectivity index (χ4n) is 2.10. The van der Waals surface area contributed by atoms with Gasteiger partial charge in [-0.15, -0.1) is 9.81 Å². The van der Waals surface area contributed by atoms with E-state index in [0.717, 1.165) is 28.7 Å². The first-order chi connectivity index (χ1) is 9.13. The molecule has 0 amide bonds. The van der Waals surface area contributed by atoms with Crippen LogP contribution in [0.25, 0.3) is 0 Å². The first-order valence-electron chi connectivity index (χ1n) is 6.00. The molecule has 0 atom stereocenters. The highest BCUT2D eigenvalue weighted by molar-refractivity contribution is 5.50. The van der Waals surface area contributed by atoms with Crippen LogP contribution < -0.4 is 0 Å². The van der Waals surface area contributed by atoms with Gasteiger partial charge in [-0.2, -0.15) is 0 Å². The summed E-state index contributed by atoms with van der Waals surface area (Å²) in [6.07, 6.45) is 0.750. The highest BCUT2D eigenvalue weighted by Crippen LogP contribution is 2.23. The van der Waals surface area contributed by atoms with E-state index in [9.17, 15) is 9.81 Å². The maximum absolute atomic E-state index is 10.5. The number of rotatable bonds is 4. The van der Waals surface area contributed by atoms with E-state index in [2.05, 4.69) is 10.4 Å². The Balaban J connectivity index is 2.26. The molecule has 2 rings (SSSR count). The van der Waals surface area contributed by atoms with Crippen LogP contribution in [0.15, 0.2) is 46.8 Å². The van der Waals surface area contributed by atoms with Gasteiger partial charge in [0.15, 0.2) is 0 Å². The zero-order valence-electron chi connectivity index (χ0n) is 10.9. The molecule has 4 heteroatoms. The van der Waals surface area contributed by atoms with E-state index < -0.39 is 0 Å². The molecule has 96 valence electrons. The molecule has 2 aromatic carbocycles. The summed E-state index contributed by atoms with van der Waals surface area (Å²) in [7, 11) is 0. The lowest BCUT2D eigenvalue weighted by Gasteiger charge is -2.06. The van der Waals surface area contributed by atoms with E-state index in [1.807, 2.05) is 38.1 Å². The van der Waals surface area contributed by atoms with Crippen molar-refractivity contribution in [2.45, 2.75) is 20.3 Å². The molecule has 2 aromatic rings. The third-order valence-electron chi connectivity index (χ3n) is 3.13. The minimum Gasteiger partial charge on any atom is -0.145 e. The van der Waals surface area contributed by atoms with Crippen LogP contribution in [0.3, 0.4) is 0 Å². The number of aryl methyl sites for hydroxylation is 2. The van der Waals surface area contributed by atoms with Gasteiger partial charge >= 0.3 is 0 Å². The zero-order valence-corrected chi connectivity index (χ0v) is 10.9. The van der Waals surface area contributed by atoms with Crippen LogP contribution in [0.4, 0.5) is 11.4 Å². The molecule has 0 aliphatic heterocycles. The number of nitrogens with zero attached hydrogens (tertiary/aromatic N) is 2. The standard InChI is InChI=1S/C15H14N2O2/c1-10-7-12(3-5-14(10)16-18)9-13-4-6-15(17-19)11(2)8-13/h3-8H,9H2,1-2H3. The van der Waals surface area contributed by atoms with Gasteiger partial charge in [-0.25, -0.2) is 0 Å². The van der Waals surface area contributed by atoms with Crippen molar-refractivity contribution in [2.24, 2.45) is 10.4 Å². The maximum atomic E-state index is 10.5. The van der Waals surface area contributed by atoms with Gasteiger partial charge in [0.25, 0.3) is 0 Å². The van der Waals surface area contributed by atoms with Gasteiger partial charge in [-0.3, -0.25) is 0 Å². The molecule has 0 bridgehead atoms. The lowest BCUT2D eigenvalue weighted by molar-refractivity contribution is 1.17. The predicted molar refractivity (Wildman–Crippen MR) is 76.1 cm³/mol. The first kappa shape index (κ1) is 13.1. The average Bonchev–Trinajstić information content (AvgIpc) is 2.39. The Morgan fingerprint density at radius 3 is 1.53 bits per heavy atom. The van der Waals surface area contributed by atoms with Crippen LogP contribution in [-0.4, -0.2) is 0 Å². The van der Waals surface area contributed by atoms with Gasteiger partial charge in [-0.1, -0.05) is 24.3 Å². The predicted octanol–water partition coefficient (Wildman–Crippen LogP) is 4.69. The molecule has 0 aliphatic rings. The number of hydrogen-bond acceptors (Lipinski definition) is 4. The molecule has 0 unspecified atom stereocenters. The normalized spacial score (nSPS) is 10.2. The summed E-state index contributed by atoms with van der Waals surface area (Å²) in [5, 5.41) is 5.92. The van der Waals surface area contributed by atoms with Gasteiger partial charge in [0, 0.05) is 0 Å². The van der Waals surface area contributed by atoms with Crippen molar-refractivity contribution in [1.82, 2.24) is 0 Å². The third kappa shape index (κ3) is 2.91. The number of nitroso groups, excluding NO2 is 2. The molecule has 19 heavy (non-hydrogen) atoms. The van der Waals surface area contributed by atoms with E-state index in [4.69, 9.17) is 0 Å². The molecular formula is C15H14N2O2. The Hall–Kier alpha value is -2.36. The molecular weight excluding hydrogens is 240 g/mol. The fourth-order valence-corrected chi connectivity index (χ4v) is 2.10. The van der Waals surface area contributed by atoms with Crippen LogP contribution in [0.1, 0.15) is 22.3 Å². The third-order valence-corrected chi connectivity index (χ3v) is 3.13. The summed E-state index contributed by atoms with van der Waals surface area (Å²) in [5.41, 5.74) is 4.90. The van der Waals surface area contributed by atoms with Crippen LogP contribution >= 0.6 is 0 Å². The molecule has 0 fully saturated rings. The highest BCUT2D eigenvalue weighted by atomic mass is 16.3. The van der Waals surface area contributed by atoms with Crippen LogP contribution in [0, 0.1) is 23.7 Å². The SMILES string of the molecule is Cc1cc(Cc2ccc(N=O)c(C)c2)ccc1N=O. The first-order valence-corrected chi connectivity index (χ1v) is 6.00. The fraction of sp³-hybridized carbons (Fsp3) is 0.200. The highest BCUT2D eigenvalue weighted by Gasteiger charge is 2.04. The lowest BCUT2D eigenvalue weighted by Crippen LogP contribution is -1.90. The monoisotopic (exact) mass is 254 g/mol. The molecule has 0 radical (unpaired) electrons.